The SMILES string of the molecule is O=C(c1ccc2ccc3ccc([N+](=O)[O-])c4ccc1c2c34)N1CCCCC1. The second kappa shape index (κ2) is 5.91. The van der Waals surface area contributed by atoms with Gasteiger partial charge in [0.1, 0.15) is 0 Å². The van der Waals surface area contributed by atoms with Crippen LogP contribution < -0.4 is 0 Å². The van der Waals surface area contributed by atoms with Crippen LogP contribution in [0.5, 0.6) is 0 Å². The van der Waals surface area contributed by atoms with E-state index >= 15 is 0 Å². The quantitative estimate of drug-likeness (QED) is 0.284. The Morgan fingerprint density at radius 3 is 2.11 bits per heavy atom. The summed E-state index contributed by atoms with van der Waals surface area (Å²) in [5, 5.41) is 16.7. The van der Waals surface area contributed by atoms with Gasteiger partial charge in [0.05, 0.1) is 10.3 Å². The lowest BCUT2D eigenvalue weighted by Crippen LogP contribution is -2.35. The monoisotopic (exact) mass is 358 g/mol. The van der Waals surface area contributed by atoms with Crippen LogP contribution in [0.15, 0.2) is 48.5 Å². The second-order valence-corrected chi connectivity index (χ2v) is 7.23. The second-order valence-electron chi connectivity index (χ2n) is 7.23. The number of non-ortho nitro benzene ring substituents is 1. The zero-order valence-corrected chi connectivity index (χ0v) is 14.8. The first-order valence-electron chi connectivity index (χ1n) is 9.29. The van der Waals surface area contributed by atoms with Crippen molar-refractivity contribution in [3.63, 3.8) is 0 Å². The molecule has 5 heteroatoms. The number of amides is 1. The third-order valence-electron chi connectivity index (χ3n) is 5.71. The van der Waals surface area contributed by atoms with E-state index in [0.29, 0.717) is 10.9 Å². The highest BCUT2D eigenvalue weighted by molar-refractivity contribution is 6.27. The number of hydrogen-bond donors (Lipinski definition) is 0. The summed E-state index contributed by atoms with van der Waals surface area (Å²) < 4.78 is 0. The molecule has 1 fully saturated rings. The van der Waals surface area contributed by atoms with Gasteiger partial charge in [-0.05, 0) is 59.0 Å². The number of nitrogens with zero attached hydrogens (tertiary/aromatic N) is 2. The zero-order valence-electron chi connectivity index (χ0n) is 14.8. The van der Waals surface area contributed by atoms with Crippen LogP contribution in [0.4, 0.5) is 5.69 Å². The van der Waals surface area contributed by atoms with Gasteiger partial charge in [-0.2, -0.15) is 0 Å². The molecule has 0 radical (unpaired) electrons. The van der Waals surface area contributed by atoms with E-state index in [0.717, 1.165) is 52.9 Å². The van der Waals surface area contributed by atoms with Crippen LogP contribution in [0.25, 0.3) is 32.3 Å². The van der Waals surface area contributed by atoms with E-state index in [-0.39, 0.29) is 16.5 Å². The van der Waals surface area contributed by atoms with Crippen molar-refractivity contribution in [2.24, 2.45) is 0 Å². The van der Waals surface area contributed by atoms with Gasteiger partial charge in [-0.3, -0.25) is 14.9 Å². The highest BCUT2D eigenvalue weighted by Gasteiger charge is 2.23. The fraction of sp³-hybridized carbons (Fsp3) is 0.227. The van der Waals surface area contributed by atoms with Gasteiger partial charge in [-0.15, -0.1) is 0 Å². The Bertz CT molecular complexity index is 1210. The molecule has 0 N–H and O–H groups in total. The van der Waals surface area contributed by atoms with Gasteiger partial charge < -0.3 is 4.90 Å². The summed E-state index contributed by atoms with van der Waals surface area (Å²) in [6, 6.07) is 14.9. The number of nitro benzene ring substituents is 1. The molecule has 0 bridgehead atoms. The molecule has 0 unspecified atom stereocenters. The fourth-order valence-electron chi connectivity index (χ4n) is 4.40. The molecule has 27 heavy (non-hydrogen) atoms. The molecule has 0 aliphatic carbocycles. The Morgan fingerprint density at radius 2 is 1.41 bits per heavy atom. The summed E-state index contributed by atoms with van der Waals surface area (Å²) in [6.07, 6.45) is 3.26. The first-order chi connectivity index (χ1) is 13.1. The van der Waals surface area contributed by atoms with Gasteiger partial charge in [0.2, 0.25) is 0 Å². The molecule has 5 nitrogen and oxygen atoms in total. The summed E-state index contributed by atoms with van der Waals surface area (Å²) in [6.45, 7) is 1.60. The molecular formula is C22H18N2O3. The van der Waals surface area contributed by atoms with Crippen LogP contribution in [0.3, 0.4) is 0 Å². The molecule has 1 aliphatic rings. The number of likely N-dealkylation sites (tertiary alicyclic amines) is 1. The Kier molecular flexibility index (Phi) is 3.50. The maximum absolute atomic E-state index is 13.1. The molecule has 4 aromatic carbocycles. The standard InChI is InChI=1S/C22H18N2O3/c25-22(23-12-2-1-3-13-23)17-8-6-14-4-5-15-7-11-19(24(26)27)18-10-9-16(17)20(14)21(15)18/h4-11H,1-3,12-13H2. The zero-order chi connectivity index (χ0) is 18.5. The topological polar surface area (TPSA) is 63.4 Å². The molecule has 1 amide bonds. The first kappa shape index (κ1) is 16.0. The van der Waals surface area contributed by atoms with Crippen molar-refractivity contribution in [2.45, 2.75) is 19.3 Å². The summed E-state index contributed by atoms with van der Waals surface area (Å²) in [5.74, 6) is 0.0575. The van der Waals surface area contributed by atoms with Gasteiger partial charge in [0.15, 0.2) is 0 Å². The minimum atomic E-state index is -0.342. The van der Waals surface area contributed by atoms with Crippen molar-refractivity contribution in [1.29, 1.82) is 0 Å². The van der Waals surface area contributed by atoms with Crippen molar-refractivity contribution in [3.8, 4) is 0 Å². The molecule has 1 heterocycles. The van der Waals surface area contributed by atoms with Crippen LogP contribution >= 0.6 is 0 Å². The van der Waals surface area contributed by atoms with E-state index in [1.54, 1.807) is 18.2 Å². The first-order valence-corrected chi connectivity index (χ1v) is 9.29. The molecule has 0 saturated carbocycles. The number of nitro groups is 1. The molecule has 0 atom stereocenters. The molecule has 4 aromatic rings. The number of carbonyl (C=O) groups is 1. The van der Waals surface area contributed by atoms with Crippen LogP contribution in [0.1, 0.15) is 29.6 Å². The lowest BCUT2D eigenvalue weighted by Gasteiger charge is -2.27. The smallest absolute Gasteiger partial charge is 0.277 e. The van der Waals surface area contributed by atoms with Crippen molar-refractivity contribution >= 4 is 43.9 Å². The molecule has 1 aliphatic heterocycles. The van der Waals surface area contributed by atoms with E-state index in [9.17, 15) is 14.9 Å². The van der Waals surface area contributed by atoms with Crippen LogP contribution in [0.2, 0.25) is 0 Å². The van der Waals surface area contributed by atoms with Gasteiger partial charge in [-0.1, -0.05) is 24.3 Å². The van der Waals surface area contributed by atoms with Crippen LogP contribution in [0, 0.1) is 10.1 Å². The molecule has 1 saturated heterocycles. The third kappa shape index (κ3) is 2.35. The maximum atomic E-state index is 13.1. The third-order valence-corrected chi connectivity index (χ3v) is 5.71. The molecule has 134 valence electrons. The van der Waals surface area contributed by atoms with Crippen molar-refractivity contribution < 1.29 is 9.72 Å². The summed E-state index contributed by atoms with van der Waals surface area (Å²) >= 11 is 0. The minimum Gasteiger partial charge on any atom is -0.339 e. The van der Waals surface area contributed by atoms with E-state index < -0.39 is 0 Å². The molecular weight excluding hydrogens is 340 g/mol. The predicted molar refractivity (Wildman–Crippen MR) is 107 cm³/mol. The molecule has 5 rings (SSSR count). The van der Waals surface area contributed by atoms with Crippen molar-refractivity contribution in [3.05, 3.63) is 64.2 Å². The Labute approximate surface area is 155 Å². The molecule has 0 aromatic heterocycles. The van der Waals surface area contributed by atoms with E-state index in [4.69, 9.17) is 0 Å². The summed E-state index contributed by atoms with van der Waals surface area (Å²) in [5.41, 5.74) is 0.787. The fourth-order valence-corrected chi connectivity index (χ4v) is 4.40. The number of carbonyl (C=O) groups excluding carboxylic acids is 1. The Morgan fingerprint density at radius 1 is 0.815 bits per heavy atom. The van der Waals surface area contributed by atoms with E-state index in [1.807, 2.05) is 35.2 Å². The maximum Gasteiger partial charge on any atom is 0.277 e. The largest absolute Gasteiger partial charge is 0.339 e. The molecule has 0 spiro atoms. The highest BCUT2D eigenvalue weighted by atomic mass is 16.6. The van der Waals surface area contributed by atoms with E-state index in [1.165, 1.54) is 6.42 Å². The van der Waals surface area contributed by atoms with Gasteiger partial charge >= 0.3 is 0 Å². The van der Waals surface area contributed by atoms with Crippen molar-refractivity contribution in [1.82, 2.24) is 4.90 Å². The number of piperidine rings is 1. The average molecular weight is 358 g/mol. The normalized spacial score (nSPS) is 15.0. The highest BCUT2D eigenvalue weighted by Crippen LogP contribution is 2.39. The Hall–Kier alpha value is -3.21. The summed E-state index contributed by atoms with van der Waals surface area (Å²) in [7, 11) is 0. The number of rotatable bonds is 2. The van der Waals surface area contributed by atoms with E-state index in [2.05, 4.69) is 0 Å². The van der Waals surface area contributed by atoms with Gasteiger partial charge in [-0.25, -0.2) is 0 Å². The lowest BCUT2D eigenvalue weighted by atomic mass is 9.91. The minimum absolute atomic E-state index is 0.0575. The van der Waals surface area contributed by atoms with Crippen molar-refractivity contribution in [2.75, 3.05) is 13.1 Å². The lowest BCUT2D eigenvalue weighted by molar-refractivity contribution is -0.383. The average Bonchev–Trinajstić information content (AvgIpc) is 2.71. The number of benzene rings is 4. The summed E-state index contributed by atoms with van der Waals surface area (Å²) in [4.78, 5) is 26.2. The van der Waals surface area contributed by atoms with Crippen LogP contribution in [-0.2, 0) is 0 Å². The number of hydrogen-bond acceptors (Lipinski definition) is 3. The van der Waals surface area contributed by atoms with Gasteiger partial charge in [0.25, 0.3) is 11.6 Å². The van der Waals surface area contributed by atoms with Crippen LogP contribution in [-0.4, -0.2) is 28.8 Å². The van der Waals surface area contributed by atoms with Gasteiger partial charge in [0, 0.05) is 30.1 Å². The predicted octanol–water partition coefficient (Wildman–Crippen LogP) is 5.12. The Balaban J connectivity index is 1.81.